The molecule has 0 bridgehead atoms. The van der Waals surface area contributed by atoms with Crippen LogP contribution >= 0.6 is 0 Å². The molecule has 0 aromatic heterocycles. The van der Waals surface area contributed by atoms with Gasteiger partial charge in [-0.3, -0.25) is 13.8 Å². The van der Waals surface area contributed by atoms with E-state index >= 15 is 0 Å². The molecule has 2 amide bonds. The fraction of sp³-hybridized carbons (Fsp3) is 0.467. The second-order valence-corrected chi connectivity index (χ2v) is 7.02. The highest BCUT2D eigenvalue weighted by atomic mass is 32.2. The first-order valence-corrected chi connectivity index (χ1v) is 8.71. The second-order valence-electron chi connectivity index (χ2n) is 5.56. The maximum atomic E-state index is 13.1. The highest BCUT2D eigenvalue weighted by Crippen LogP contribution is 2.17. The van der Waals surface area contributed by atoms with E-state index in [2.05, 4.69) is 0 Å². The lowest BCUT2D eigenvalue weighted by atomic mass is 9.97. The molecular weight excluding hydrogens is 326 g/mol. The fourth-order valence-electron chi connectivity index (χ4n) is 2.53. The summed E-state index contributed by atoms with van der Waals surface area (Å²) in [7, 11) is -1.54. The van der Waals surface area contributed by atoms with Crippen molar-refractivity contribution in [2.24, 2.45) is 11.7 Å². The van der Waals surface area contributed by atoms with Crippen LogP contribution in [0.25, 0.3) is 0 Å². The van der Waals surface area contributed by atoms with E-state index in [-0.39, 0.29) is 29.9 Å². The maximum Gasteiger partial charge on any atom is 0.235 e. The van der Waals surface area contributed by atoms with Crippen molar-refractivity contribution in [2.45, 2.75) is 18.6 Å². The van der Waals surface area contributed by atoms with Crippen molar-refractivity contribution in [3.05, 3.63) is 35.4 Å². The van der Waals surface area contributed by atoms with Crippen LogP contribution in [0.1, 0.15) is 18.4 Å². The van der Waals surface area contributed by atoms with E-state index in [9.17, 15) is 22.6 Å². The molecule has 1 aliphatic heterocycles. The van der Waals surface area contributed by atoms with Gasteiger partial charge in [-0.2, -0.15) is 0 Å². The summed E-state index contributed by atoms with van der Waals surface area (Å²) < 4.78 is 38.0. The Hall–Kier alpha value is -1.83. The Morgan fingerprint density at radius 3 is 2.70 bits per heavy atom. The topological polar surface area (TPSA) is 80.5 Å². The Bertz CT molecular complexity index is 639. The van der Waals surface area contributed by atoms with Crippen LogP contribution in [-0.4, -0.2) is 39.8 Å². The minimum absolute atomic E-state index is 0.0317. The van der Waals surface area contributed by atoms with Crippen LogP contribution in [0.2, 0.25) is 0 Å². The third kappa shape index (κ3) is 4.82. The van der Waals surface area contributed by atoms with Crippen molar-refractivity contribution in [3.63, 3.8) is 0 Å². The van der Waals surface area contributed by atoms with Gasteiger partial charge in [-0.1, -0.05) is 6.07 Å². The van der Waals surface area contributed by atoms with E-state index in [1.165, 1.54) is 11.0 Å². The molecule has 2 N–H and O–H groups in total. The van der Waals surface area contributed by atoms with Crippen LogP contribution in [0.15, 0.2) is 18.2 Å². The summed E-state index contributed by atoms with van der Waals surface area (Å²) in [6.07, 6.45) is 1.33. The first kappa shape index (κ1) is 17.5. The zero-order valence-electron chi connectivity index (χ0n) is 12.5. The summed E-state index contributed by atoms with van der Waals surface area (Å²) in [5, 5.41) is 0. The highest BCUT2D eigenvalue weighted by molar-refractivity contribution is 7.84. The molecule has 1 saturated heterocycles. The summed E-state index contributed by atoms with van der Waals surface area (Å²) in [6.45, 7) is 0.752. The molecule has 0 aliphatic carbocycles. The van der Waals surface area contributed by atoms with Crippen LogP contribution in [0.3, 0.4) is 0 Å². The molecule has 1 aliphatic rings. The fourth-order valence-corrected chi connectivity index (χ4v) is 3.64. The summed E-state index contributed by atoms with van der Waals surface area (Å²) in [5.41, 5.74) is 5.62. The van der Waals surface area contributed by atoms with Gasteiger partial charge in [0.05, 0.1) is 5.92 Å². The second kappa shape index (κ2) is 7.63. The predicted molar refractivity (Wildman–Crippen MR) is 81.6 cm³/mol. The van der Waals surface area contributed by atoms with Crippen molar-refractivity contribution < 1.29 is 22.6 Å². The number of carbonyl (C=O) groups is 2. The number of carbonyl (C=O) groups excluding carboxylic acids is 2. The van der Waals surface area contributed by atoms with Gasteiger partial charge in [0.25, 0.3) is 0 Å². The number of hydrogen-bond acceptors (Lipinski definition) is 3. The van der Waals surface area contributed by atoms with Crippen LogP contribution in [-0.2, 0) is 26.1 Å². The molecule has 0 saturated carbocycles. The minimum atomic E-state index is -1.54. The van der Waals surface area contributed by atoms with E-state index in [1.807, 2.05) is 0 Å². The Kier molecular flexibility index (Phi) is 5.81. The van der Waals surface area contributed by atoms with Crippen LogP contribution < -0.4 is 5.73 Å². The van der Waals surface area contributed by atoms with Crippen molar-refractivity contribution in [2.75, 3.05) is 18.8 Å². The largest absolute Gasteiger partial charge is 0.369 e. The van der Waals surface area contributed by atoms with E-state index in [1.54, 1.807) is 0 Å². The van der Waals surface area contributed by atoms with Crippen LogP contribution in [0.4, 0.5) is 8.78 Å². The molecule has 0 spiro atoms. The summed E-state index contributed by atoms with van der Waals surface area (Å²) >= 11 is 0. The lowest BCUT2D eigenvalue weighted by Gasteiger charge is -2.31. The molecule has 1 fully saturated rings. The lowest BCUT2D eigenvalue weighted by molar-refractivity contribution is -0.132. The zero-order valence-corrected chi connectivity index (χ0v) is 13.3. The molecule has 2 rings (SSSR count). The number of likely N-dealkylation sites (tertiary alicyclic amines) is 1. The SMILES string of the molecule is NC(=O)[C@H]1CCCN(C(=O)C[S@](=O)Cc2ccc(F)c(F)c2)C1. The average molecular weight is 344 g/mol. The molecule has 8 heteroatoms. The maximum absolute atomic E-state index is 13.1. The van der Waals surface area contributed by atoms with Crippen LogP contribution in [0, 0.1) is 17.6 Å². The molecule has 23 heavy (non-hydrogen) atoms. The average Bonchev–Trinajstić information content (AvgIpc) is 2.51. The van der Waals surface area contributed by atoms with Gasteiger partial charge < -0.3 is 10.6 Å². The van der Waals surface area contributed by atoms with E-state index in [4.69, 9.17) is 5.73 Å². The van der Waals surface area contributed by atoms with Gasteiger partial charge in [-0.25, -0.2) is 8.78 Å². The molecule has 0 radical (unpaired) electrons. The molecule has 5 nitrogen and oxygen atoms in total. The third-order valence-corrected chi connectivity index (χ3v) is 5.00. The van der Waals surface area contributed by atoms with Crippen molar-refractivity contribution in [3.8, 4) is 0 Å². The van der Waals surface area contributed by atoms with E-state index in [0.29, 0.717) is 24.9 Å². The number of piperidine rings is 1. The molecular formula is C15H18F2N2O3S. The standard InChI is InChI=1S/C15H18F2N2O3S/c16-12-4-3-10(6-13(12)17)8-23(22)9-14(20)19-5-1-2-11(7-19)15(18)21/h3-4,6,11H,1-2,5,7-9H2,(H2,18,21)/t11-,23+/m0/s1. The van der Waals surface area contributed by atoms with Crippen LogP contribution in [0.5, 0.6) is 0 Å². The summed E-state index contributed by atoms with van der Waals surface area (Å²) in [4.78, 5) is 24.8. The van der Waals surface area contributed by atoms with Gasteiger partial charge in [0, 0.05) is 29.6 Å². The molecule has 126 valence electrons. The Morgan fingerprint density at radius 2 is 2.04 bits per heavy atom. The normalized spacial score (nSPS) is 19.4. The van der Waals surface area contributed by atoms with Gasteiger partial charge in [0.2, 0.25) is 11.8 Å². The lowest BCUT2D eigenvalue weighted by Crippen LogP contribution is -2.45. The zero-order chi connectivity index (χ0) is 17.0. The number of halogens is 2. The van der Waals surface area contributed by atoms with Gasteiger partial charge in [0.1, 0.15) is 5.75 Å². The molecule has 2 atom stereocenters. The van der Waals surface area contributed by atoms with Gasteiger partial charge in [-0.05, 0) is 30.5 Å². The predicted octanol–water partition coefficient (Wildman–Crippen LogP) is 0.937. The van der Waals surface area contributed by atoms with E-state index in [0.717, 1.165) is 12.1 Å². The number of nitrogens with two attached hydrogens (primary N) is 1. The van der Waals surface area contributed by atoms with E-state index < -0.39 is 28.3 Å². The highest BCUT2D eigenvalue weighted by Gasteiger charge is 2.27. The van der Waals surface area contributed by atoms with Crippen molar-refractivity contribution >= 4 is 22.6 Å². The number of amides is 2. The first-order chi connectivity index (χ1) is 10.9. The quantitative estimate of drug-likeness (QED) is 0.863. The van der Waals surface area contributed by atoms with Gasteiger partial charge >= 0.3 is 0 Å². The minimum Gasteiger partial charge on any atom is -0.369 e. The molecule has 1 heterocycles. The Balaban J connectivity index is 1.90. The molecule has 1 aromatic carbocycles. The van der Waals surface area contributed by atoms with Crippen molar-refractivity contribution in [1.82, 2.24) is 4.90 Å². The number of primary amides is 1. The summed E-state index contributed by atoms with van der Waals surface area (Å²) in [5.74, 6) is -3.36. The first-order valence-electron chi connectivity index (χ1n) is 7.23. The van der Waals surface area contributed by atoms with Gasteiger partial charge in [0.15, 0.2) is 11.6 Å². The number of nitrogens with zero attached hydrogens (tertiary/aromatic N) is 1. The summed E-state index contributed by atoms with van der Waals surface area (Å²) in [6, 6.07) is 3.28. The number of hydrogen-bond donors (Lipinski definition) is 1. The Morgan fingerprint density at radius 1 is 1.30 bits per heavy atom. The monoisotopic (exact) mass is 344 g/mol. The smallest absolute Gasteiger partial charge is 0.235 e. The van der Waals surface area contributed by atoms with Crippen molar-refractivity contribution in [1.29, 1.82) is 0 Å². The number of benzene rings is 1. The molecule has 1 aromatic rings. The number of rotatable bonds is 5. The van der Waals surface area contributed by atoms with Gasteiger partial charge in [-0.15, -0.1) is 0 Å². The third-order valence-electron chi connectivity index (χ3n) is 3.77. The molecule has 0 unspecified atom stereocenters. The Labute approximate surface area is 135 Å².